The molecule has 0 saturated heterocycles. The third-order valence-electron chi connectivity index (χ3n) is 5.36. The first kappa shape index (κ1) is 11.9. The Balaban J connectivity index is 2.47. The average molecular weight is 224 g/mol. The molecule has 0 aliphatic heterocycles. The fourth-order valence-electron chi connectivity index (χ4n) is 4.62. The van der Waals surface area contributed by atoms with Gasteiger partial charge in [0.1, 0.15) is 0 Å². The first-order valence-corrected chi connectivity index (χ1v) is 6.54. The van der Waals surface area contributed by atoms with Gasteiger partial charge in [-0.1, -0.05) is 27.7 Å². The molecule has 0 aromatic carbocycles. The van der Waals surface area contributed by atoms with Crippen LogP contribution in [0, 0.1) is 28.6 Å². The number of carboxylic acid groups (broad SMARTS) is 1. The summed E-state index contributed by atoms with van der Waals surface area (Å²) in [6.45, 7) is 8.71. The zero-order chi connectivity index (χ0) is 12.1. The Bertz CT molecular complexity index is 306. The largest absolute Gasteiger partial charge is 0.481 e. The molecule has 2 heteroatoms. The van der Waals surface area contributed by atoms with Crippen molar-refractivity contribution in [3.63, 3.8) is 0 Å². The molecular formula is C14H24O2. The summed E-state index contributed by atoms with van der Waals surface area (Å²) < 4.78 is 0. The van der Waals surface area contributed by atoms with Gasteiger partial charge >= 0.3 is 5.97 Å². The molecule has 3 atom stereocenters. The molecule has 1 N–H and O–H groups in total. The van der Waals surface area contributed by atoms with Crippen molar-refractivity contribution in [2.24, 2.45) is 28.6 Å². The van der Waals surface area contributed by atoms with Crippen LogP contribution in [0.2, 0.25) is 0 Å². The van der Waals surface area contributed by atoms with Crippen LogP contribution in [0.5, 0.6) is 0 Å². The van der Waals surface area contributed by atoms with E-state index in [4.69, 9.17) is 0 Å². The number of rotatable bonds is 2. The summed E-state index contributed by atoms with van der Waals surface area (Å²) in [6, 6.07) is 0. The van der Waals surface area contributed by atoms with E-state index in [0.29, 0.717) is 11.8 Å². The van der Waals surface area contributed by atoms with E-state index in [1.165, 1.54) is 0 Å². The Kier molecular flexibility index (Phi) is 2.60. The van der Waals surface area contributed by atoms with Crippen LogP contribution in [0.25, 0.3) is 0 Å². The summed E-state index contributed by atoms with van der Waals surface area (Å²) in [6.07, 6.45) is 4.25. The molecule has 92 valence electrons. The third kappa shape index (κ3) is 1.34. The molecule has 0 amide bonds. The summed E-state index contributed by atoms with van der Waals surface area (Å²) in [7, 11) is 0. The van der Waals surface area contributed by atoms with Crippen molar-refractivity contribution in [1.29, 1.82) is 0 Å². The fourth-order valence-corrected chi connectivity index (χ4v) is 4.62. The highest BCUT2D eigenvalue weighted by Crippen LogP contribution is 2.64. The highest BCUT2D eigenvalue weighted by atomic mass is 16.4. The molecule has 3 unspecified atom stereocenters. The van der Waals surface area contributed by atoms with E-state index >= 15 is 0 Å². The van der Waals surface area contributed by atoms with Gasteiger partial charge in [-0.25, -0.2) is 0 Å². The highest BCUT2D eigenvalue weighted by Gasteiger charge is 2.62. The lowest BCUT2D eigenvalue weighted by atomic mass is 9.43. The molecule has 3 fully saturated rings. The van der Waals surface area contributed by atoms with Crippen LogP contribution in [0.15, 0.2) is 0 Å². The minimum Gasteiger partial charge on any atom is -0.481 e. The number of aliphatic carboxylic acids is 1. The molecular weight excluding hydrogens is 200 g/mol. The van der Waals surface area contributed by atoms with Crippen molar-refractivity contribution in [2.75, 3.05) is 0 Å². The summed E-state index contributed by atoms with van der Waals surface area (Å²) in [4.78, 5) is 11.9. The fraction of sp³-hybridized carbons (Fsp3) is 0.929. The summed E-state index contributed by atoms with van der Waals surface area (Å²) in [5.41, 5.74) is -0.495. The Morgan fingerprint density at radius 3 is 2.38 bits per heavy atom. The maximum Gasteiger partial charge on any atom is 0.310 e. The lowest BCUT2D eigenvalue weighted by molar-refractivity contribution is -0.188. The van der Waals surface area contributed by atoms with Crippen LogP contribution in [-0.2, 0) is 4.79 Å². The zero-order valence-corrected chi connectivity index (χ0v) is 10.9. The maximum absolute atomic E-state index is 11.9. The van der Waals surface area contributed by atoms with Gasteiger partial charge in [-0.2, -0.15) is 0 Å². The molecule has 0 radical (unpaired) electrons. The van der Waals surface area contributed by atoms with E-state index in [0.717, 1.165) is 31.6 Å². The molecule has 0 spiro atoms. The van der Waals surface area contributed by atoms with Crippen LogP contribution in [0.1, 0.15) is 53.4 Å². The molecule has 0 aromatic heterocycles. The second-order valence-electron chi connectivity index (χ2n) is 6.86. The molecule has 3 rings (SSSR count). The second-order valence-corrected chi connectivity index (χ2v) is 6.86. The minimum absolute atomic E-state index is 0.0328. The number of fused-ring (bicyclic) bond motifs is 3. The van der Waals surface area contributed by atoms with Crippen molar-refractivity contribution in [3.8, 4) is 0 Å². The molecule has 3 aliphatic carbocycles. The van der Waals surface area contributed by atoms with Crippen molar-refractivity contribution in [3.05, 3.63) is 0 Å². The van der Waals surface area contributed by atoms with Crippen molar-refractivity contribution < 1.29 is 9.90 Å². The summed E-state index contributed by atoms with van der Waals surface area (Å²) >= 11 is 0. The van der Waals surface area contributed by atoms with E-state index < -0.39 is 11.4 Å². The molecule has 3 aliphatic rings. The standard InChI is InChI=1S/C14H24O2/c1-9(2)11-7-10-5-6-14(11,12(15)16)13(3,4)8-10/h9-11H,5-8H2,1-4H3,(H,15,16). The second kappa shape index (κ2) is 3.48. The predicted octanol–water partition coefficient (Wildman–Crippen LogP) is 3.56. The summed E-state index contributed by atoms with van der Waals surface area (Å²) in [5.74, 6) is 1.07. The molecule has 2 bridgehead atoms. The molecule has 3 saturated carbocycles. The SMILES string of the molecule is CC(C)C1CC2CCC1(C(=O)O)C(C)(C)C2. The first-order valence-electron chi connectivity index (χ1n) is 6.54. The molecule has 0 aromatic rings. The van der Waals surface area contributed by atoms with Crippen LogP contribution in [0.4, 0.5) is 0 Å². The van der Waals surface area contributed by atoms with Gasteiger partial charge < -0.3 is 5.11 Å². The monoisotopic (exact) mass is 224 g/mol. The normalized spacial score (nSPS) is 41.3. The lowest BCUT2D eigenvalue weighted by Gasteiger charge is -2.60. The number of hydrogen-bond donors (Lipinski definition) is 1. The van der Waals surface area contributed by atoms with E-state index in [2.05, 4.69) is 27.7 Å². The van der Waals surface area contributed by atoms with Gasteiger partial charge in [0, 0.05) is 0 Å². The van der Waals surface area contributed by atoms with E-state index in [-0.39, 0.29) is 5.41 Å². The Morgan fingerprint density at radius 2 is 2.00 bits per heavy atom. The van der Waals surface area contributed by atoms with E-state index in [9.17, 15) is 9.90 Å². The number of carboxylic acids is 1. The van der Waals surface area contributed by atoms with Crippen molar-refractivity contribution in [1.82, 2.24) is 0 Å². The van der Waals surface area contributed by atoms with Gasteiger partial charge in [0.15, 0.2) is 0 Å². The molecule has 0 heterocycles. The van der Waals surface area contributed by atoms with Crippen LogP contribution in [-0.4, -0.2) is 11.1 Å². The van der Waals surface area contributed by atoms with Gasteiger partial charge in [0.05, 0.1) is 5.41 Å². The van der Waals surface area contributed by atoms with E-state index in [1.807, 2.05) is 0 Å². The maximum atomic E-state index is 11.9. The Hall–Kier alpha value is -0.530. The topological polar surface area (TPSA) is 37.3 Å². The van der Waals surface area contributed by atoms with Crippen molar-refractivity contribution >= 4 is 5.97 Å². The van der Waals surface area contributed by atoms with Crippen LogP contribution >= 0.6 is 0 Å². The Morgan fingerprint density at radius 1 is 1.38 bits per heavy atom. The Labute approximate surface area is 98.4 Å². The first-order chi connectivity index (χ1) is 7.31. The van der Waals surface area contributed by atoms with Gasteiger partial charge in [0.25, 0.3) is 0 Å². The zero-order valence-electron chi connectivity index (χ0n) is 10.9. The summed E-state index contributed by atoms with van der Waals surface area (Å²) in [5, 5.41) is 9.77. The molecule has 16 heavy (non-hydrogen) atoms. The molecule has 2 nitrogen and oxygen atoms in total. The third-order valence-corrected chi connectivity index (χ3v) is 5.36. The van der Waals surface area contributed by atoms with Gasteiger partial charge in [-0.3, -0.25) is 4.79 Å². The van der Waals surface area contributed by atoms with Gasteiger partial charge in [-0.05, 0) is 48.9 Å². The van der Waals surface area contributed by atoms with Gasteiger partial charge in [-0.15, -0.1) is 0 Å². The predicted molar refractivity (Wildman–Crippen MR) is 64.1 cm³/mol. The average Bonchev–Trinajstić information content (AvgIpc) is 2.15. The van der Waals surface area contributed by atoms with Crippen LogP contribution in [0.3, 0.4) is 0 Å². The van der Waals surface area contributed by atoms with Gasteiger partial charge in [0.2, 0.25) is 0 Å². The van der Waals surface area contributed by atoms with E-state index in [1.54, 1.807) is 0 Å². The smallest absolute Gasteiger partial charge is 0.310 e. The highest BCUT2D eigenvalue weighted by molar-refractivity contribution is 5.77. The number of carbonyl (C=O) groups is 1. The lowest BCUT2D eigenvalue weighted by Crippen LogP contribution is -2.59. The van der Waals surface area contributed by atoms with Crippen LogP contribution < -0.4 is 0 Å². The van der Waals surface area contributed by atoms with Crippen molar-refractivity contribution in [2.45, 2.75) is 53.4 Å². The minimum atomic E-state index is -0.547. The quantitative estimate of drug-likeness (QED) is 0.778. The number of hydrogen-bond acceptors (Lipinski definition) is 1.